The highest BCUT2D eigenvalue weighted by atomic mass is 31.2. The summed E-state index contributed by atoms with van der Waals surface area (Å²) in [5.41, 5.74) is 4.15. The van der Waals surface area contributed by atoms with Crippen LogP contribution in [0.25, 0.3) is 0 Å². The largest absolute Gasteiger partial charge is 0.480 e. The van der Waals surface area contributed by atoms with Crippen molar-refractivity contribution in [3.8, 4) is 0 Å². The Morgan fingerprint density at radius 2 is 2.21 bits per heavy atom. The van der Waals surface area contributed by atoms with Crippen molar-refractivity contribution >= 4 is 25.4 Å². The predicted molar refractivity (Wildman–Crippen MR) is 96.8 cm³/mol. The van der Waals surface area contributed by atoms with Crippen LogP contribution in [-0.2, 0) is 27.6 Å². The van der Waals surface area contributed by atoms with E-state index in [0.29, 0.717) is 5.71 Å². The molecule has 0 aromatic carbocycles. The van der Waals surface area contributed by atoms with Gasteiger partial charge in [-0.2, -0.15) is 4.99 Å². The van der Waals surface area contributed by atoms with Crippen LogP contribution in [0.5, 0.6) is 0 Å². The van der Waals surface area contributed by atoms with E-state index >= 15 is 4.39 Å². The van der Waals surface area contributed by atoms with Crippen molar-refractivity contribution in [2.24, 2.45) is 20.7 Å². The molecule has 156 valence electrons. The lowest BCUT2D eigenvalue weighted by atomic mass is 9.97. The van der Waals surface area contributed by atoms with Gasteiger partial charge in [-0.3, -0.25) is 18.6 Å². The van der Waals surface area contributed by atoms with E-state index in [2.05, 4.69) is 15.0 Å². The Hall–Kier alpha value is -1.43. The van der Waals surface area contributed by atoms with E-state index in [0.717, 1.165) is 0 Å². The van der Waals surface area contributed by atoms with Crippen molar-refractivity contribution in [1.29, 1.82) is 0 Å². The number of methoxy groups -OCH3 is 1. The number of aliphatic imine (C=N–C) groups is 3. The highest BCUT2D eigenvalue weighted by Gasteiger charge is 2.63. The van der Waals surface area contributed by atoms with Crippen LogP contribution in [0, 0.1) is 0 Å². The number of ether oxygens (including phenoxy) is 2. The Kier molecular flexibility index (Phi) is 4.84. The number of rotatable bonds is 3. The highest BCUT2D eigenvalue weighted by molar-refractivity contribution is 7.48. The molecule has 28 heavy (non-hydrogen) atoms. The number of phosphoric ester groups is 1. The monoisotopic (exact) mass is 419 g/mol. The molecule has 2 fully saturated rings. The fraction of sp³-hybridized carbons (Fsp3) is 0.800. The Bertz CT molecular complexity index is 802. The molecule has 0 saturated carbocycles. The van der Waals surface area contributed by atoms with Crippen LogP contribution in [0.15, 0.2) is 15.0 Å². The molecule has 4 aliphatic heterocycles. The van der Waals surface area contributed by atoms with Gasteiger partial charge in [0, 0.05) is 0 Å². The van der Waals surface area contributed by atoms with Crippen molar-refractivity contribution in [2.75, 3.05) is 20.4 Å². The third-order valence-corrected chi connectivity index (χ3v) is 6.44. The van der Waals surface area contributed by atoms with Gasteiger partial charge < -0.3 is 15.2 Å². The standard InChI is InChI=1S/C15H23FN5O6P/c1-7(2)26-28(22)24-5-8-10(27-28)15(3,16)13(25-8)21-6-18-9-11(21)19-14(17)20-12(9)23-4/h7-8,10-11,13H,5-6H2,1-4H3,(H2,17,19). The maximum atomic E-state index is 15.9. The van der Waals surface area contributed by atoms with Gasteiger partial charge >= 0.3 is 7.82 Å². The number of hydrogen-bond acceptors (Lipinski definition) is 11. The molecule has 13 heteroatoms. The summed E-state index contributed by atoms with van der Waals surface area (Å²) in [5.74, 6) is 0.225. The molecule has 11 nitrogen and oxygen atoms in total. The number of fused-ring (bicyclic) bond motifs is 2. The van der Waals surface area contributed by atoms with Gasteiger partial charge in [0.1, 0.15) is 17.9 Å². The second kappa shape index (κ2) is 6.82. The van der Waals surface area contributed by atoms with Crippen LogP contribution in [0.1, 0.15) is 20.8 Å². The fourth-order valence-corrected chi connectivity index (χ4v) is 5.31. The first kappa shape index (κ1) is 19.9. The maximum Gasteiger partial charge on any atom is 0.475 e. The number of nitrogens with zero attached hydrogens (tertiary/aromatic N) is 4. The molecule has 6 atom stereocenters. The minimum absolute atomic E-state index is 0.00177. The molecule has 0 bridgehead atoms. The molecule has 6 unspecified atom stereocenters. The molecule has 0 spiro atoms. The Labute approximate surface area is 161 Å². The van der Waals surface area contributed by atoms with Crippen LogP contribution in [-0.4, -0.2) is 79.2 Å². The molecule has 0 aromatic heterocycles. The lowest BCUT2D eigenvalue weighted by Gasteiger charge is -2.36. The predicted octanol–water partition coefficient (Wildman–Crippen LogP) is 0.801. The lowest BCUT2D eigenvalue weighted by molar-refractivity contribution is -0.108. The Balaban J connectivity index is 1.57. The van der Waals surface area contributed by atoms with Crippen molar-refractivity contribution in [3.05, 3.63) is 0 Å². The molecular weight excluding hydrogens is 396 g/mol. The topological polar surface area (TPSA) is 130 Å². The molecule has 4 aliphatic rings. The second-order valence-electron chi connectivity index (χ2n) is 7.28. The third-order valence-electron chi connectivity index (χ3n) is 4.81. The summed E-state index contributed by atoms with van der Waals surface area (Å²) in [7, 11) is -2.44. The molecular formula is C15H23FN5O6P. The van der Waals surface area contributed by atoms with Gasteiger partial charge in [0.25, 0.3) is 0 Å². The van der Waals surface area contributed by atoms with Crippen LogP contribution in [0.2, 0.25) is 0 Å². The number of guanidine groups is 1. The molecule has 0 amide bonds. The van der Waals surface area contributed by atoms with E-state index in [9.17, 15) is 4.57 Å². The van der Waals surface area contributed by atoms with E-state index in [-0.39, 0.29) is 25.1 Å². The van der Waals surface area contributed by atoms with E-state index in [1.807, 2.05) is 0 Å². The summed E-state index contributed by atoms with van der Waals surface area (Å²) < 4.78 is 55.5. The average Bonchev–Trinajstić information content (AvgIpc) is 3.12. The lowest BCUT2D eigenvalue weighted by Crippen LogP contribution is -2.55. The Morgan fingerprint density at radius 3 is 2.89 bits per heavy atom. The second-order valence-corrected chi connectivity index (χ2v) is 8.86. The summed E-state index contributed by atoms with van der Waals surface area (Å²) in [6.07, 6.45) is -4.10. The number of hydrogen-bond donors (Lipinski definition) is 1. The van der Waals surface area contributed by atoms with E-state index in [1.165, 1.54) is 14.0 Å². The zero-order valence-electron chi connectivity index (χ0n) is 15.9. The van der Waals surface area contributed by atoms with Crippen molar-refractivity contribution in [1.82, 2.24) is 4.90 Å². The third kappa shape index (κ3) is 3.17. The van der Waals surface area contributed by atoms with Crippen molar-refractivity contribution in [2.45, 2.75) is 57.1 Å². The highest BCUT2D eigenvalue weighted by Crippen LogP contribution is 2.59. The zero-order valence-corrected chi connectivity index (χ0v) is 16.8. The van der Waals surface area contributed by atoms with Crippen LogP contribution in [0.4, 0.5) is 4.39 Å². The van der Waals surface area contributed by atoms with Crippen molar-refractivity contribution < 1.29 is 32.0 Å². The molecule has 2 saturated heterocycles. The quantitative estimate of drug-likeness (QED) is 0.665. The first-order valence-corrected chi connectivity index (χ1v) is 10.3. The van der Waals surface area contributed by atoms with Gasteiger partial charge in [-0.05, 0) is 20.8 Å². The molecule has 0 aliphatic carbocycles. The van der Waals surface area contributed by atoms with Gasteiger partial charge in [0.05, 0.1) is 26.5 Å². The van der Waals surface area contributed by atoms with Crippen LogP contribution >= 0.6 is 7.82 Å². The van der Waals surface area contributed by atoms with Crippen LogP contribution in [0.3, 0.4) is 0 Å². The zero-order chi connectivity index (χ0) is 20.3. The van der Waals surface area contributed by atoms with E-state index < -0.39 is 44.2 Å². The minimum Gasteiger partial charge on any atom is -0.480 e. The number of alkyl halides is 1. The molecule has 0 radical (unpaired) electrons. The van der Waals surface area contributed by atoms with E-state index in [4.69, 9.17) is 28.8 Å². The summed E-state index contributed by atoms with van der Waals surface area (Å²) in [4.78, 5) is 14.2. The van der Waals surface area contributed by atoms with Gasteiger partial charge in [-0.25, -0.2) is 18.8 Å². The summed E-state index contributed by atoms with van der Waals surface area (Å²) in [5, 5.41) is 0. The normalized spacial score (nSPS) is 43.3. The number of halogens is 1. The maximum absolute atomic E-state index is 15.9. The number of phosphoric acid groups is 1. The summed E-state index contributed by atoms with van der Waals surface area (Å²) >= 11 is 0. The van der Waals surface area contributed by atoms with Gasteiger partial charge in [-0.15, -0.1) is 0 Å². The SMILES string of the molecule is COC1=NC(N)=NC2C1=NCN2C1OC2COP(=O)(OC(C)C)OC2C1(C)F. The summed E-state index contributed by atoms with van der Waals surface area (Å²) in [6, 6.07) is 0. The van der Waals surface area contributed by atoms with Crippen LogP contribution < -0.4 is 5.73 Å². The first-order chi connectivity index (χ1) is 13.1. The molecule has 0 aromatic rings. The fourth-order valence-electron chi connectivity index (χ4n) is 3.68. The van der Waals surface area contributed by atoms with Gasteiger partial charge in [0.2, 0.25) is 11.9 Å². The first-order valence-electron chi connectivity index (χ1n) is 8.87. The Morgan fingerprint density at radius 1 is 1.46 bits per heavy atom. The van der Waals surface area contributed by atoms with Crippen molar-refractivity contribution in [3.63, 3.8) is 0 Å². The average molecular weight is 419 g/mol. The van der Waals surface area contributed by atoms with E-state index in [1.54, 1.807) is 18.7 Å². The molecule has 4 heterocycles. The van der Waals surface area contributed by atoms with Gasteiger partial charge in [-0.1, -0.05) is 0 Å². The number of nitrogens with two attached hydrogens (primary N) is 1. The van der Waals surface area contributed by atoms with Gasteiger partial charge in [0.15, 0.2) is 18.1 Å². The molecule has 4 rings (SSSR count). The minimum atomic E-state index is -3.88. The smallest absolute Gasteiger partial charge is 0.475 e. The summed E-state index contributed by atoms with van der Waals surface area (Å²) in [6.45, 7) is 4.68. The molecule has 2 N–H and O–H groups in total.